The van der Waals surface area contributed by atoms with Crippen molar-refractivity contribution in [3.63, 3.8) is 0 Å². The van der Waals surface area contributed by atoms with Crippen LogP contribution < -0.4 is 10.2 Å². The third kappa shape index (κ3) is 2.20. The van der Waals surface area contributed by atoms with Gasteiger partial charge in [-0.25, -0.2) is 9.97 Å². The maximum Gasteiger partial charge on any atom is 0.140 e. The molecular formula is C13H18N4S. The largest absolute Gasteiger partial charge is 0.355 e. The van der Waals surface area contributed by atoms with Gasteiger partial charge in [0.15, 0.2) is 0 Å². The lowest BCUT2D eigenvalue weighted by molar-refractivity contribution is 0.584. The lowest BCUT2D eigenvalue weighted by Gasteiger charge is -2.25. The molecule has 1 aliphatic rings. The molecule has 0 spiro atoms. The van der Waals surface area contributed by atoms with E-state index in [1.165, 1.54) is 18.2 Å². The van der Waals surface area contributed by atoms with Crippen LogP contribution in [0.25, 0.3) is 10.2 Å². The highest BCUT2D eigenvalue weighted by Crippen LogP contribution is 2.27. The SMILES string of the molecule is CCN(CC1CCCN1)c1ncnc2sccc12. The summed E-state index contributed by atoms with van der Waals surface area (Å²) in [7, 11) is 0. The molecule has 18 heavy (non-hydrogen) atoms. The van der Waals surface area contributed by atoms with Gasteiger partial charge in [-0.15, -0.1) is 11.3 Å². The number of nitrogens with zero attached hydrogens (tertiary/aromatic N) is 3. The summed E-state index contributed by atoms with van der Waals surface area (Å²) in [5, 5.41) is 6.82. The zero-order valence-electron chi connectivity index (χ0n) is 10.6. The van der Waals surface area contributed by atoms with E-state index in [4.69, 9.17) is 0 Å². The molecule has 96 valence electrons. The van der Waals surface area contributed by atoms with Crippen molar-refractivity contribution in [1.82, 2.24) is 15.3 Å². The summed E-state index contributed by atoms with van der Waals surface area (Å²) in [5.41, 5.74) is 0. The van der Waals surface area contributed by atoms with Crippen LogP contribution in [0.15, 0.2) is 17.8 Å². The van der Waals surface area contributed by atoms with Crippen molar-refractivity contribution >= 4 is 27.4 Å². The topological polar surface area (TPSA) is 41.0 Å². The second kappa shape index (κ2) is 5.20. The van der Waals surface area contributed by atoms with Gasteiger partial charge in [-0.1, -0.05) is 0 Å². The molecule has 0 radical (unpaired) electrons. The van der Waals surface area contributed by atoms with Crippen molar-refractivity contribution in [2.24, 2.45) is 0 Å². The minimum absolute atomic E-state index is 0.605. The van der Waals surface area contributed by atoms with E-state index in [0.717, 1.165) is 30.3 Å². The Morgan fingerprint density at radius 3 is 3.22 bits per heavy atom. The van der Waals surface area contributed by atoms with Crippen LogP contribution in [-0.2, 0) is 0 Å². The highest BCUT2D eigenvalue weighted by Gasteiger charge is 2.19. The molecule has 1 atom stereocenters. The van der Waals surface area contributed by atoms with E-state index in [1.54, 1.807) is 17.7 Å². The molecule has 3 heterocycles. The molecule has 1 saturated heterocycles. The number of aromatic nitrogens is 2. The van der Waals surface area contributed by atoms with Crippen LogP contribution in [0.3, 0.4) is 0 Å². The Hall–Kier alpha value is -1.20. The van der Waals surface area contributed by atoms with Crippen molar-refractivity contribution in [3.05, 3.63) is 17.8 Å². The Labute approximate surface area is 111 Å². The lowest BCUT2D eigenvalue weighted by atomic mass is 10.2. The smallest absolute Gasteiger partial charge is 0.140 e. The number of nitrogens with one attached hydrogen (secondary N) is 1. The van der Waals surface area contributed by atoms with E-state index < -0.39 is 0 Å². The number of fused-ring (bicyclic) bond motifs is 1. The van der Waals surface area contributed by atoms with Crippen LogP contribution in [0.2, 0.25) is 0 Å². The number of hydrogen-bond donors (Lipinski definition) is 1. The molecule has 0 aromatic carbocycles. The molecule has 0 saturated carbocycles. The molecule has 2 aromatic heterocycles. The van der Waals surface area contributed by atoms with Crippen LogP contribution >= 0.6 is 11.3 Å². The molecule has 2 aromatic rings. The van der Waals surface area contributed by atoms with Crippen molar-refractivity contribution in [1.29, 1.82) is 0 Å². The first-order valence-electron chi connectivity index (χ1n) is 6.55. The van der Waals surface area contributed by atoms with Crippen LogP contribution in [-0.4, -0.2) is 35.6 Å². The Bertz CT molecular complexity index is 518. The van der Waals surface area contributed by atoms with Gasteiger partial charge in [0, 0.05) is 19.1 Å². The van der Waals surface area contributed by atoms with Gasteiger partial charge in [0.05, 0.1) is 5.39 Å². The van der Waals surface area contributed by atoms with E-state index in [9.17, 15) is 0 Å². The third-order valence-electron chi connectivity index (χ3n) is 3.53. The highest BCUT2D eigenvalue weighted by molar-refractivity contribution is 7.16. The number of hydrogen-bond acceptors (Lipinski definition) is 5. The average Bonchev–Trinajstić information content (AvgIpc) is 3.06. The fourth-order valence-corrected chi connectivity index (χ4v) is 3.30. The fraction of sp³-hybridized carbons (Fsp3) is 0.538. The zero-order chi connectivity index (χ0) is 12.4. The lowest BCUT2D eigenvalue weighted by Crippen LogP contribution is -2.38. The molecule has 0 aliphatic carbocycles. The first-order valence-corrected chi connectivity index (χ1v) is 7.43. The van der Waals surface area contributed by atoms with E-state index in [0.29, 0.717) is 6.04 Å². The van der Waals surface area contributed by atoms with Gasteiger partial charge in [0.2, 0.25) is 0 Å². The van der Waals surface area contributed by atoms with Crippen LogP contribution in [0.4, 0.5) is 5.82 Å². The highest BCUT2D eigenvalue weighted by atomic mass is 32.1. The predicted octanol–water partition coefficient (Wildman–Crippen LogP) is 2.27. The standard InChI is InChI=1S/C13H18N4S/c1-2-17(8-10-4-3-6-14-10)12-11-5-7-18-13(11)16-9-15-12/h5,7,9-10,14H,2-4,6,8H2,1H3. The number of likely N-dealkylation sites (N-methyl/N-ethyl adjacent to an activating group) is 1. The van der Waals surface area contributed by atoms with Gasteiger partial charge in [0.1, 0.15) is 17.0 Å². The molecule has 1 aliphatic heterocycles. The fourth-order valence-electron chi connectivity index (χ4n) is 2.57. The van der Waals surface area contributed by atoms with Gasteiger partial charge in [-0.05, 0) is 37.8 Å². The molecule has 1 fully saturated rings. The zero-order valence-corrected chi connectivity index (χ0v) is 11.4. The molecule has 0 bridgehead atoms. The number of anilines is 1. The Morgan fingerprint density at radius 2 is 2.44 bits per heavy atom. The van der Waals surface area contributed by atoms with Crippen molar-refractivity contribution in [3.8, 4) is 0 Å². The number of thiophene rings is 1. The summed E-state index contributed by atoms with van der Waals surface area (Å²) in [6.07, 6.45) is 4.24. The molecule has 0 amide bonds. The molecule has 5 heteroatoms. The van der Waals surface area contributed by atoms with Gasteiger partial charge >= 0.3 is 0 Å². The van der Waals surface area contributed by atoms with Crippen LogP contribution in [0.1, 0.15) is 19.8 Å². The van der Waals surface area contributed by atoms with Crippen molar-refractivity contribution in [2.45, 2.75) is 25.8 Å². The van der Waals surface area contributed by atoms with Gasteiger partial charge < -0.3 is 10.2 Å². The molecule has 1 unspecified atom stereocenters. The summed E-state index contributed by atoms with van der Waals surface area (Å²) in [5.74, 6) is 1.08. The maximum absolute atomic E-state index is 4.49. The molecule has 4 nitrogen and oxygen atoms in total. The predicted molar refractivity (Wildman–Crippen MR) is 76.3 cm³/mol. The summed E-state index contributed by atoms with van der Waals surface area (Å²) in [4.78, 5) is 12.2. The molecule has 3 rings (SSSR count). The summed E-state index contributed by atoms with van der Waals surface area (Å²) in [6, 6.07) is 2.73. The quantitative estimate of drug-likeness (QED) is 0.917. The normalized spacial score (nSPS) is 19.5. The Balaban J connectivity index is 1.87. The minimum atomic E-state index is 0.605. The van der Waals surface area contributed by atoms with E-state index in [1.807, 2.05) is 0 Å². The Morgan fingerprint density at radius 1 is 1.50 bits per heavy atom. The second-order valence-corrected chi connectivity index (χ2v) is 5.56. The van der Waals surface area contributed by atoms with Gasteiger partial charge in [-0.2, -0.15) is 0 Å². The maximum atomic E-state index is 4.49. The van der Waals surface area contributed by atoms with Crippen LogP contribution in [0.5, 0.6) is 0 Å². The summed E-state index contributed by atoms with van der Waals surface area (Å²) < 4.78 is 0. The Kier molecular flexibility index (Phi) is 3.43. The first kappa shape index (κ1) is 11.9. The van der Waals surface area contributed by atoms with Crippen molar-refractivity contribution < 1.29 is 0 Å². The van der Waals surface area contributed by atoms with Crippen LogP contribution in [0, 0.1) is 0 Å². The summed E-state index contributed by atoms with van der Waals surface area (Å²) in [6.45, 7) is 5.37. The van der Waals surface area contributed by atoms with E-state index in [-0.39, 0.29) is 0 Å². The first-order chi connectivity index (χ1) is 8.88. The van der Waals surface area contributed by atoms with Crippen molar-refractivity contribution in [2.75, 3.05) is 24.5 Å². The van der Waals surface area contributed by atoms with E-state index >= 15 is 0 Å². The third-order valence-corrected chi connectivity index (χ3v) is 4.35. The summed E-state index contributed by atoms with van der Waals surface area (Å²) >= 11 is 1.68. The minimum Gasteiger partial charge on any atom is -0.355 e. The molecular weight excluding hydrogens is 244 g/mol. The number of rotatable bonds is 4. The second-order valence-electron chi connectivity index (χ2n) is 4.67. The van der Waals surface area contributed by atoms with Gasteiger partial charge in [-0.3, -0.25) is 0 Å². The average molecular weight is 262 g/mol. The van der Waals surface area contributed by atoms with E-state index in [2.05, 4.69) is 38.6 Å². The van der Waals surface area contributed by atoms with Gasteiger partial charge in [0.25, 0.3) is 0 Å². The monoisotopic (exact) mass is 262 g/mol. The molecule has 1 N–H and O–H groups in total.